The molecule has 1 aliphatic rings. The van der Waals surface area contributed by atoms with Crippen molar-refractivity contribution >= 4 is 56.6 Å². The molecule has 1 aromatic rings. The third kappa shape index (κ3) is 3.66. The molecule has 2 heterocycles. The molecule has 1 saturated heterocycles. The second kappa shape index (κ2) is 6.49. The van der Waals surface area contributed by atoms with Gasteiger partial charge >= 0.3 is 0 Å². The molecule has 0 unspecified atom stereocenters. The molecule has 1 amide bonds. The Hall–Kier alpha value is -0.660. The van der Waals surface area contributed by atoms with E-state index in [9.17, 15) is 4.79 Å². The molecule has 0 atom stereocenters. The Morgan fingerprint density at radius 2 is 2.17 bits per heavy atom. The maximum atomic E-state index is 11.9. The van der Waals surface area contributed by atoms with Gasteiger partial charge in [0.2, 0.25) is 0 Å². The predicted octanol–water partition coefficient (Wildman–Crippen LogP) is 2.16. The first-order valence-electron chi connectivity index (χ1n) is 5.46. The van der Waals surface area contributed by atoms with Crippen molar-refractivity contribution in [1.82, 2.24) is 9.88 Å². The first-order valence-corrected chi connectivity index (χ1v) is 7.82. The van der Waals surface area contributed by atoms with Crippen LogP contribution in [0.4, 0.5) is 5.82 Å². The van der Waals surface area contributed by atoms with Gasteiger partial charge < -0.3 is 10.2 Å². The number of pyridine rings is 1. The minimum absolute atomic E-state index is 0.258. The number of hydrogen-bond donors (Lipinski definition) is 1. The topological polar surface area (TPSA) is 45.2 Å². The first-order chi connectivity index (χ1) is 8.66. The number of halogens is 1. The van der Waals surface area contributed by atoms with E-state index >= 15 is 0 Å². The van der Waals surface area contributed by atoms with Crippen LogP contribution in [0.5, 0.6) is 0 Å². The van der Waals surface area contributed by atoms with Gasteiger partial charge in [0.05, 0.1) is 0 Å². The summed E-state index contributed by atoms with van der Waals surface area (Å²) in [5, 5.41) is 2.71. The van der Waals surface area contributed by atoms with E-state index in [1.165, 1.54) is 0 Å². The van der Waals surface area contributed by atoms with Crippen LogP contribution in [0.1, 0.15) is 0 Å². The molecule has 1 fully saturated rings. The average molecular weight is 346 g/mol. The normalized spacial score (nSPS) is 15.3. The van der Waals surface area contributed by atoms with E-state index in [2.05, 4.69) is 26.2 Å². The van der Waals surface area contributed by atoms with Gasteiger partial charge in [0.25, 0.3) is 5.91 Å². The zero-order valence-corrected chi connectivity index (χ0v) is 12.8. The SMILES string of the molecule is O=C(Nc1ccc(Br)cn1)C(=S)N1CCSCC1. The van der Waals surface area contributed by atoms with Crippen LogP contribution in [0.15, 0.2) is 22.8 Å². The summed E-state index contributed by atoms with van der Waals surface area (Å²) >= 11 is 10.4. The molecule has 4 nitrogen and oxygen atoms in total. The quantitative estimate of drug-likeness (QED) is 0.790. The smallest absolute Gasteiger partial charge is 0.284 e. The molecule has 0 aromatic carbocycles. The van der Waals surface area contributed by atoms with Gasteiger partial charge in [0.1, 0.15) is 5.82 Å². The van der Waals surface area contributed by atoms with Crippen molar-refractivity contribution in [2.45, 2.75) is 0 Å². The summed E-state index contributed by atoms with van der Waals surface area (Å²) < 4.78 is 0.871. The van der Waals surface area contributed by atoms with Crippen LogP contribution in [-0.4, -0.2) is 45.4 Å². The molecule has 7 heteroatoms. The summed E-state index contributed by atoms with van der Waals surface area (Å²) in [4.78, 5) is 18.3. The van der Waals surface area contributed by atoms with Gasteiger partial charge in [-0.25, -0.2) is 4.98 Å². The van der Waals surface area contributed by atoms with E-state index in [0.717, 1.165) is 29.1 Å². The summed E-state index contributed by atoms with van der Waals surface area (Å²) in [7, 11) is 0. The zero-order valence-electron chi connectivity index (χ0n) is 9.56. The number of anilines is 1. The number of amides is 1. The summed E-state index contributed by atoms with van der Waals surface area (Å²) in [6.45, 7) is 1.68. The van der Waals surface area contributed by atoms with Crippen LogP contribution in [0.2, 0.25) is 0 Å². The number of carbonyl (C=O) groups excluding carboxylic acids is 1. The zero-order chi connectivity index (χ0) is 13.0. The lowest BCUT2D eigenvalue weighted by Gasteiger charge is -2.27. The lowest BCUT2D eigenvalue weighted by molar-refractivity contribution is -0.110. The van der Waals surface area contributed by atoms with Gasteiger partial charge in [-0.15, -0.1) is 0 Å². The lowest BCUT2D eigenvalue weighted by atomic mass is 10.4. The van der Waals surface area contributed by atoms with E-state index in [0.29, 0.717) is 10.8 Å². The first kappa shape index (κ1) is 13.8. The molecular weight excluding hydrogens is 334 g/mol. The Balaban J connectivity index is 1.94. The fourth-order valence-corrected chi connectivity index (χ4v) is 2.90. The highest BCUT2D eigenvalue weighted by Gasteiger charge is 2.19. The largest absolute Gasteiger partial charge is 0.357 e. The maximum absolute atomic E-state index is 11.9. The summed E-state index contributed by atoms with van der Waals surface area (Å²) in [5.74, 6) is 2.29. The van der Waals surface area contributed by atoms with E-state index in [1.807, 2.05) is 22.7 Å². The van der Waals surface area contributed by atoms with Gasteiger partial charge in [-0.1, -0.05) is 12.2 Å². The van der Waals surface area contributed by atoms with Crippen molar-refractivity contribution in [3.8, 4) is 0 Å². The summed E-state index contributed by atoms with van der Waals surface area (Å²) in [6, 6.07) is 3.56. The Bertz CT molecular complexity index is 446. The van der Waals surface area contributed by atoms with Gasteiger partial charge in [0.15, 0.2) is 4.99 Å². The fourth-order valence-electron chi connectivity index (χ4n) is 1.53. The maximum Gasteiger partial charge on any atom is 0.284 e. The highest BCUT2D eigenvalue weighted by Crippen LogP contribution is 2.12. The number of hydrogen-bond acceptors (Lipinski definition) is 4. The number of rotatable bonds is 1. The Morgan fingerprint density at radius 3 is 2.78 bits per heavy atom. The minimum atomic E-state index is -0.258. The van der Waals surface area contributed by atoms with Crippen LogP contribution in [0.3, 0.4) is 0 Å². The van der Waals surface area contributed by atoms with Crippen molar-refractivity contribution in [3.05, 3.63) is 22.8 Å². The van der Waals surface area contributed by atoms with Crippen molar-refractivity contribution in [2.24, 2.45) is 0 Å². The van der Waals surface area contributed by atoms with Crippen molar-refractivity contribution < 1.29 is 4.79 Å². The van der Waals surface area contributed by atoms with Crippen molar-refractivity contribution in [2.75, 3.05) is 29.9 Å². The number of carbonyl (C=O) groups is 1. The van der Waals surface area contributed by atoms with E-state index < -0.39 is 0 Å². The molecular formula is C11H12BrN3OS2. The Labute approximate surface area is 124 Å². The standard InChI is InChI=1S/C11H12BrN3OS2/c12-8-1-2-9(13-7-8)14-10(16)11(17)15-3-5-18-6-4-15/h1-2,7H,3-6H2,(H,13,14,16). The molecule has 1 aliphatic heterocycles. The molecule has 18 heavy (non-hydrogen) atoms. The molecule has 0 spiro atoms. The highest BCUT2D eigenvalue weighted by molar-refractivity contribution is 9.10. The van der Waals surface area contributed by atoms with Crippen LogP contribution >= 0.6 is 39.9 Å². The molecule has 0 saturated carbocycles. The molecule has 96 valence electrons. The second-order valence-electron chi connectivity index (χ2n) is 3.72. The van der Waals surface area contributed by atoms with Crippen LogP contribution in [0, 0.1) is 0 Å². The Morgan fingerprint density at radius 1 is 1.44 bits per heavy atom. The Kier molecular flexibility index (Phi) is 4.96. The van der Waals surface area contributed by atoms with Crippen LogP contribution in [-0.2, 0) is 4.79 Å². The monoisotopic (exact) mass is 345 g/mol. The number of thioether (sulfide) groups is 1. The third-order valence-electron chi connectivity index (χ3n) is 2.46. The highest BCUT2D eigenvalue weighted by atomic mass is 79.9. The van der Waals surface area contributed by atoms with Crippen molar-refractivity contribution in [3.63, 3.8) is 0 Å². The molecule has 1 aromatic heterocycles. The van der Waals surface area contributed by atoms with Gasteiger partial charge in [-0.05, 0) is 28.1 Å². The van der Waals surface area contributed by atoms with Gasteiger partial charge in [0, 0.05) is 35.3 Å². The van der Waals surface area contributed by atoms with Crippen molar-refractivity contribution in [1.29, 1.82) is 0 Å². The lowest BCUT2D eigenvalue weighted by Crippen LogP contribution is -2.43. The third-order valence-corrected chi connectivity index (χ3v) is 4.32. The average Bonchev–Trinajstić information content (AvgIpc) is 2.41. The number of nitrogens with zero attached hydrogens (tertiary/aromatic N) is 2. The predicted molar refractivity (Wildman–Crippen MR) is 82.1 cm³/mol. The van der Waals surface area contributed by atoms with E-state index in [4.69, 9.17) is 12.2 Å². The molecule has 0 aliphatic carbocycles. The van der Waals surface area contributed by atoms with E-state index in [-0.39, 0.29) is 5.91 Å². The number of nitrogens with one attached hydrogen (secondary N) is 1. The summed E-state index contributed by atoms with van der Waals surface area (Å²) in [5.41, 5.74) is 0. The number of aromatic nitrogens is 1. The van der Waals surface area contributed by atoms with Crippen LogP contribution < -0.4 is 5.32 Å². The molecule has 2 rings (SSSR count). The minimum Gasteiger partial charge on any atom is -0.357 e. The molecule has 0 bridgehead atoms. The molecule has 0 radical (unpaired) electrons. The van der Waals surface area contributed by atoms with Gasteiger partial charge in [-0.2, -0.15) is 11.8 Å². The summed E-state index contributed by atoms with van der Waals surface area (Å²) in [6.07, 6.45) is 1.64. The van der Waals surface area contributed by atoms with Gasteiger partial charge in [-0.3, -0.25) is 4.79 Å². The fraction of sp³-hybridized carbons (Fsp3) is 0.364. The number of thiocarbonyl (C=S) groups is 1. The van der Waals surface area contributed by atoms with E-state index in [1.54, 1.807) is 12.3 Å². The second-order valence-corrected chi connectivity index (χ2v) is 6.25. The molecule has 1 N–H and O–H groups in total. The van der Waals surface area contributed by atoms with Crippen LogP contribution in [0.25, 0.3) is 0 Å².